The summed E-state index contributed by atoms with van der Waals surface area (Å²) >= 11 is 1.49. The van der Waals surface area contributed by atoms with Crippen LogP contribution in [0.15, 0.2) is 40.8 Å². The summed E-state index contributed by atoms with van der Waals surface area (Å²) in [6.45, 7) is 12.1. The van der Waals surface area contributed by atoms with Crippen LogP contribution in [0.4, 0.5) is 0 Å². The summed E-state index contributed by atoms with van der Waals surface area (Å²) in [4.78, 5) is 4.33. The smallest absolute Gasteiger partial charge is 0.251 e. The highest BCUT2D eigenvalue weighted by atomic mass is 32.2. The van der Waals surface area contributed by atoms with E-state index in [-0.39, 0.29) is 5.04 Å². The maximum Gasteiger partial charge on any atom is 0.251 e. The Balaban J connectivity index is 2.82. The predicted octanol–water partition coefficient (Wildman–Crippen LogP) is 4.66. The van der Waals surface area contributed by atoms with Gasteiger partial charge in [-0.05, 0) is 42.0 Å². The fourth-order valence-electron chi connectivity index (χ4n) is 1.24. The third kappa shape index (κ3) is 6.42. The molecule has 1 aromatic heterocycles. The largest absolute Gasteiger partial charge is 0.537 e. The number of methoxy groups -OCH3 is 1. The van der Waals surface area contributed by atoms with Crippen LogP contribution in [-0.4, -0.2) is 33.6 Å². The lowest BCUT2D eigenvalue weighted by molar-refractivity contribution is 0.121. The van der Waals surface area contributed by atoms with E-state index in [0.717, 1.165) is 10.1 Å². The van der Waals surface area contributed by atoms with Gasteiger partial charge < -0.3 is 13.9 Å². The van der Waals surface area contributed by atoms with Crippen molar-refractivity contribution in [1.29, 1.82) is 0 Å². The first kappa shape index (κ1) is 19.1. The molecule has 0 fully saturated rings. The van der Waals surface area contributed by atoms with Gasteiger partial charge >= 0.3 is 0 Å². The third-order valence-electron chi connectivity index (χ3n) is 3.59. The van der Waals surface area contributed by atoms with Crippen molar-refractivity contribution in [3.63, 3.8) is 0 Å². The minimum atomic E-state index is -1.92. The van der Waals surface area contributed by atoms with Crippen LogP contribution in [0.3, 0.4) is 0 Å². The highest BCUT2D eigenvalue weighted by molar-refractivity contribution is 8.02. The minimum absolute atomic E-state index is 0.128. The summed E-state index contributed by atoms with van der Waals surface area (Å²) in [6, 6.07) is 5.82. The molecule has 0 radical (unpaired) electrons. The Morgan fingerprint density at radius 1 is 1.27 bits per heavy atom. The van der Waals surface area contributed by atoms with Crippen LogP contribution < -0.4 is 0 Å². The van der Waals surface area contributed by atoms with E-state index in [4.69, 9.17) is 13.9 Å². The zero-order chi connectivity index (χ0) is 16.6. The van der Waals surface area contributed by atoms with Gasteiger partial charge in [-0.3, -0.25) is 0 Å². The molecule has 0 saturated heterocycles. The van der Waals surface area contributed by atoms with Gasteiger partial charge in [-0.25, -0.2) is 4.98 Å². The second-order valence-electron chi connectivity index (χ2n) is 6.43. The predicted molar refractivity (Wildman–Crippen MR) is 94.3 cm³/mol. The number of rotatable bonds is 8. The maximum atomic E-state index is 6.34. The first-order valence-electron chi connectivity index (χ1n) is 7.35. The molecule has 22 heavy (non-hydrogen) atoms. The molecule has 0 atom stereocenters. The summed E-state index contributed by atoms with van der Waals surface area (Å²) in [6.07, 6.45) is 3.46. The second kappa shape index (κ2) is 8.60. The van der Waals surface area contributed by atoms with Crippen LogP contribution in [0.5, 0.6) is 0 Å². The lowest BCUT2D eigenvalue weighted by atomic mass is 10.2. The topological polar surface area (TPSA) is 40.6 Å². The fourth-order valence-corrected chi connectivity index (χ4v) is 3.47. The summed E-state index contributed by atoms with van der Waals surface area (Å²) < 4.78 is 16.9. The van der Waals surface area contributed by atoms with Gasteiger partial charge in [0.15, 0.2) is 5.09 Å². The first-order valence-corrected chi connectivity index (χ1v) is 11.1. The monoisotopic (exact) mass is 341 g/mol. The average molecular weight is 342 g/mol. The Kier molecular flexibility index (Phi) is 7.45. The van der Waals surface area contributed by atoms with Gasteiger partial charge in [-0.15, -0.1) is 0 Å². The molecule has 0 aliphatic heterocycles. The Bertz CT molecular complexity index is 472. The van der Waals surface area contributed by atoms with E-state index in [1.54, 1.807) is 19.6 Å². The van der Waals surface area contributed by atoms with Crippen molar-refractivity contribution in [3.8, 4) is 0 Å². The molecular weight excluding hydrogens is 314 g/mol. The summed E-state index contributed by atoms with van der Waals surface area (Å²) in [5.74, 6) is 0. The molecule has 0 spiro atoms. The molecular formula is C16H27NO3SSi. The Morgan fingerprint density at radius 2 is 2.00 bits per heavy atom. The highest BCUT2D eigenvalue weighted by Gasteiger charge is 2.39. The van der Waals surface area contributed by atoms with Crippen LogP contribution in [0.25, 0.3) is 0 Å². The van der Waals surface area contributed by atoms with Crippen LogP contribution >= 0.6 is 11.8 Å². The van der Waals surface area contributed by atoms with E-state index >= 15 is 0 Å². The van der Waals surface area contributed by atoms with Crippen molar-refractivity contribution in [2.45, 2.75) is 43.9 Å². The molecule has 0 bridgehead atoms. The number of aromatic nitrogens is 1. The second-order valence-corrected chi connectivity index (χ2v) is 12.2. The quantitative estimate of drug-likeness (QED) is 0.298. The molecule has 1 aromatic rings. The SMILES string of the molecule is COCCO/C=C(\O[Si](C)(C)C(C)(C)C)Sc1ccccn1. The van der Waals surface area contributed by atoms with E-state index in [1.807, 2.05) is 18.2 Å². The molecule has 0 unspecified atom stereocenters. The molecule has 0 aliphatic rings. The van der Waals surface area contributed by atoms with Gasteiger partial charge in [0.05, 0.1) is 6.61 Å². The molecule has 1 rings (SSSR count). The number of hydrogen-bond acceptors (Lipinski definition) is 5. The normalized spacial score (nSPS) is 13.1. The van der Waals surface area contributed by atoms with Crippen LogP contribution in [0, 0.1) is 0 Å². The number of hydrogen-bond donors (Lipinski definition) is 0. The fraction of sp³-hybridized carbons (Fsp3) is 0.562. The van der Waals surface area contributed by atoms with Crippen LogP contribution in [0.2, 0.25) is 18.1 Å². The summed E-state index contributed by atoms with van der Waals surface area (Å²) in [5, 5.41) is 1.77. The van der Waals surface area contributed by atoms with Crippen molar-refractivity contribution < 1.29 is 13.9 Å². The lowest BCUT2D eigenvalue weighted by Crippen LogP contribution is -2.40. The first-order chi connectivity index (χ1) is 10.3. The lowest BCUT2D eigenvalue weighted by Gasteiger charge is -2.36. The molecule has 124 valence electrons. The molecule has 0 amide bonds. The van der Waals surface area contributed by atoms with Crippen molar-refractivity contribution in [2.75, 3.05) is 20.3 Å². The number of nitrogens with zero attached hydrogens (tertiary/aromatic N) is 1. The zero-order valence-corrected chi connectivity index (χ0v) is 16.2. The Morgan fingerprint density at radius 3 is 2.55 bits per heavy atom. The van der Waals surface area contributed by atoms with Crippen LogP contribution in [0.1, 0.15) is 20.8 Å². The molecule has 1 heterocycles. The van der Waals surface area contributed by atoms with Gasteiger partial charge in [-0.1, -0.05) is 26.8 Å². The van der Waals surface area contributed by atoms with Gasteiger partial charge in [0.25, 0.3) is 8.32 Å². The summed E-state index contributed by atoms with van der Waals surface area (Å²) in [5.41, 5.74) is 0. The minimum Gasteiger partial charge on any atom is -0.537 e. The van der Waals surface area contributed by atoms with Crippen molar-refractivity contribution in [1.82, 2.24) is 4.98 Å². The Hall–Kier alpha value is -0.983. The molecule has 0 saturated carbocycles. The average Bonchev–Trinajstić information content (AvgIpc) is 2.43. The maximum absolute atomic E-state index is 6.34. The molecule has 0 aliphatic carbocycles. The molecule has 0 aromatic carbocycles. The van der Waals surface area contributed by atoms with Crippen LogP contribution in [-0.2, 0) is 13.9 Å². The van der Waals surface area contributed by atoms with E-state index < -0.39 is 8.32 Å². The van der Waals surface area contributed by atoms with Crippen molar-refractivity contribution >= 4 is 20.1 Å². The van der Waals surface area contributed by atoms with Gasteiger partial charge in [0, 0.05) is 13.3 Å². The van der Waals surface area contributed by atoms with Crippen molar-refractivity contribution in [3.05, 3.63) is 35.7 Å². The van der Waals surface area contributed by atoms with Crippen molar-refractivity contribution in [2.24, 2.45) is 0 Å². The van der Waals surface area contributed by atoms with Gasteiger partial charge in [0.1, 0.15) is 17.9 Å². The zero-order valence-electron chi connectivity index (χ0n) is 14.4. The van der Waals surface area contributed by atoms with E-state index in [2.05, 4.69) is 38.8 Å². The molecule has 4 nitrogen and oxygen atoms in total. The third-order valence-corrected chi connectivity index (χ3v) is 8.91. The number of ether oxygens (including phenoxy) is 2. The molecule has 6 heteroatoms. The highest BCUT2D eigenvalue weighted by Crippen LogP contribution is 2.40. The number of pyridine rings is 1. The Labute approximate surface area is 139 Å². The van der Waals surface area contributed by atoms with E-state index in [9.17, 15) is 0 Å². The van der Waals surface area contributed by atoms with E-state index in [0.29, 0.717) is 13.2 Å². The summed E-state index contributed by atoms with van der Waals surface area (Å²) in [7, 11) is -0.263. The molecule has 0 N–H and O–H groups in total. The van der Waals surface area contributed by atoms with E-state index in [1.165, 1.54) is 11.8 Å². The number of thioether (sulfide) groups is 1. The standard InChI is InChI=1S/C16H27NO3SSi/c1-16(2,3)22(5,6)20-15(13-19-12-11-18-4)21-14-9-7-8-10-17-14/h7-10,13H,11-12H2,1-6H3/b15-13+. The van der Waals surface area contributed by atoms with Gasteiger partial charge in [0.2, 0.25) is 0 Å². The van der Waals surface area contributed by atoms with Gasteiger partial charge in [-0.2, -0.15) is 0 Å².